The molecule has 3 rings (SSSR count). The number of hydrogen-bond donors (Lipinski definition) is 1. The molecule has 0 spiro atoms. The van der Waals surface area contributed by atoms with Crippen LogP contribution >= 0.6 is 0 Å². The summed E-state index contributed by atoms with van der Waals surface area (Å²) >= 11 is 0. The van der Waals surface area contributed by atoms with E-state index in [9.17, 15) is 27.2 Å². The molecule has 0 saturated carbocycles. The lowest BCUT2D eigenvalue weighted by molar-refractivity contribution is -0.136. The number of alkyl halides is 3. The zero-order valence-electron chi connectivity index (χ0n) is 16.6. The first-order valence-electron chi connectivity index (χ1n) is 9.37. The number of amides is 1. The molecule has 0 aliphatic rings. The van der Waals surface area contributed by atoms with Gasteiger partial charge in [-0.25, -0.2) is 9.18 Å². The van der Waals surface area contributed by atoms with Gasteiger partial charge in [-0.05, 0) is 35.7 Å². The third-order valence-corrected chi connectivity index (χ3v) is 4.60. The number of nitrogens with one attached hydrogen (secondary N) is 1. The molecule has 1 amide bonds. The summed E-state index contributed by atoms with van der Waals surface area (Å²) in [5.41, 5.74) is -1.84. The number of rotatable bonds is 6. The highest BCUT2D eigenvalue weighted by molar-refractivity contribution is 5.82. The molecule has 1 atom stereocenters. The Labute approximate surface area is 174 Å². The van der Waals surface area contributed by atoms with Crippen LogP contribution in [0.4, 0.5) is 17.6 Å². The summed E-state index contributed by atoms with van der Waals surface area (Å²) in [6.07, 6.45) is -4.72. The third-order valence-electron chi connectivity index (χ3n) is 4.60. The Morgan fingerprint density at radius 2 is 1.77 bits per heavy atom. The first kappa shape index (κ1) is 22.3. The van der Waals surface area contributed by atoms with Gasteiger partial charge in [-0.1, -0.05) is 26.0 Å². The van der Waals surface area contributed by atoms with E-state index in [0.29, 0.717) is 6.07 Å². The number of fused-ring (bicyclic) bond motifs is 1. The zero-order chi connectivity index (χ0) is 22.8. The average Bonchev–Trinajstić information content (AvgIpc) is 2.69. The predicted molar refractivity (Wildman–Crippen MR) is 105 cm³/mol. The molecule has 1 N–H and O–H groups in total. The Hall–Kier alpha value is -3.36. The van der Waals surface area contributed by atoms with Crippen LogP contribution in [0.25, 0.3) is 11.0 Å². The average molecular weight is 437 g/mol. The fourth-order valence-electron chi connectivity index (χ4n) is 3.14. The monoisotopic (exact) mass is 437 g/mol. The van der Waals surface area contributed by atoms with Crippen molar-refractivity contribution in [1.29, 1.82) is 0 Å². The molecule has 2 aromatic carbocycles. The van der Waals surface area contributed by atoms with Crippen molar-refractivity contribution in [2.75, 3.05) is 6.61 Å². The molecule has 1 unspecified atom stereocenters. The van der Waals surface area contributed by atoms with Crippen LogP contribution in [-0.4, -0.2) is 12.5 Å². The largest absolute Gasteiger partial charge is 0.484 e. The summed E-state index contributed by atoms with van der Waals surface area (Å²) in [6, 6.07) is 9.23. The molecule has 31 heavy (non-hydrogen) atoms. The summed E-state index contributed by atoms with van der Waals surface area (Å²) in [5.74, 6) is -0.802. The molecule has 5 nitrogen and oxygen atoms in total. The van der Waals surface area contributed by atoms with Crippen molar-refractivity contribution >= 4 is 16.9 Å². The first-order valence-corrected chi connectivity index (χ1v) is 9.37. The normalized spacial score (nSPS) is 12.7. The highest BCUT2D eigenvalue weighted by Gasteiger charge is 2.33. The van der Waals surface area contributed by atoms with Gasteiger partial charge in [0.05, 0.1) is 11.6 Å². The third kappa shape index (κ3) is 5.42. The van der Waals surface area contributed by atoms with Gasteiger partial charge in [-0.15, -0.1) is 0 Å². The van der Waals surface area contributed by atoms with Gasteiger partial charge in [0, 0.05) is 17.5 Å². The zero-order valence-corrected chi connectivity index (χ0v) is 16.6. The summed E-state index contributed by atoms with van der Waals surface area (Å²) in [6.45, 7) is 3.36. The Bertz CT molecular complexity index is 1140. The molecular weight excluding hydrogens is 418 g/mol. The number of halogens is 4. The highest BCUT2D eigenvalue weighted by atomic mass is 19.4. The summed E-state index contributed by atoms with van der Waals surface area (Å²) in [7, 11) is 0. The molecule has 164 valence electrons. The molecule has 0 radical (unpaired) electrons. The van der Waals surface area contributed by atoms with E-state index in [2.05, 4.69) is 5.32 Å². The number of benzene rings is 2. The van der Waals surface area contributed by atoms with E-state index in [1.165, 1.54) is 18.2 Å². The highest BCUT2D eigenvalue weighted by Crippen LogP contribution is 2.34. The fourth-order valence-corrected chi connectivity index (χ4v) is 3.14. The number of hydrogen-bond acceptors (Lipinski definition) is 4. The van der Waals surface area contributed by atoms with E-state index < -0.39 is 35.7 Å². The quantitative estimate of drug-likeness (QED) is 0.443. The Balaban J connectivity index is 1.73. The van der Waals surface area contributed by atoms with Crippen LogP contribution in [0.3, 0.4) is 0 Å². The maximum Gasteiger partial charge on any atom is 0.417 e. The molecule has 0 aliphatic heterocycles. The van der Waals surface area contributed by atoms with Crippen molar-refractivity contribution < 1.29 is 31.5 Å². The molecule has 0 bridgehead atoms. The molecule has 0 fully saturated rings. The Morgan fingerprint density at radius 3 is 2.39 bits per heavy atom. The van der Waals surface area contributed by atoms with E-state index in [0.717, 1.165) is 17.7 Å². The van der Waals surface area contributed by atoms with Crippen LogP contribution in [0, 0.1) is 11.7 Å². The van der Waals surface area contributed by atoms with E-state index in [-0.39, 0.29) is 28.7 Å². The van der Waals surface area contributed by atoms with Crippen LogP contribution in [0.5, 0.6) is 5.75 Å². The van der Waals surface area contributed by atoms with Gasteiger partial charge >= 0.3 is 11.8 Å². The smallest absolute Gasteiger partial charge is 0.417 e. The van der Waals surface area contributed by atoms with Crippen molar-refractivity contribution in [3.8, 4) is 5.75 Å². The summed E-state index contributed by atoms with van der Waals surface area (Å²) < 4.78 is 62.7. The molecule has 9 heteroatoms. The molecule has 0 saturated heterocycles. The number of carbonyl (C=O) groups excluding carboxylic acids is 1. The van der Waals surface area contributed by atoms with Crippen LogP contribution < -0.4 is 15.7 Å². The SMILES string of the molecule is CC(C)C(NC(=O)COc1ccc2c(C(F)(F)F)cc(=O)oc2c1)c1ccc(F)cc1. The number of ether oxygens (including phenoxy) is 1. The lowest BCUT2D eigenvalue weighted by atomic mass is 9.96. The second-order valence-corrected chi connectivity index (χ2v) is 7.26. The standard InChI is InChI=1S/C22H19F4NO4/c1-12(2)21(13-3-5-14(23)6-4-13)27-19(28)11-30-15-7-8-16-17(22(24,25)26)10-20(29)31-18(16)9-15/h3-10,12,21H,11H2,1-2H3,(H,27,28). The second-order valence-electron chi connectivity index (χ2n) is 7.26. The van der Waals surface area contributed by atoms with Gasteiger partial charge in [0.15, 0.2) is 6.61 Å². The summed E-state index contributed by atoms with van der Waals surface area (Å²) in [5, 5.41) is 2.50. The van der Waals surface area contributed by atoms with Crippen LogP contribution in [-0.2, 0) is 11.0 Å². The summed E-state index contributed by atoms with van der Waals surface area (Å²) in [4.78, 5) is 23.8. The molecule has 1 heterocycles. The molecular formula is C22H19F4NO4. The maximum absolute atomic E-state index is 13.2. The maximum atomic E-state index is 13.2. The van der Waals surface area contributed by atoms with E-state index >= 15 is 0 Å². The molecule has 0 aliphatic carbocycles. The van der Waals surface area contributed by atoms with Gasteiger partial charge in [0.1, 0.15) is 17.1 Å². The van der Waals surface area contributed by atoms with Crippen molar-refractivity contribution in [3.05, 3.63) is 75.9 Å². The van der Waals surface area contributed by atoms with E-state index in [1.807, 2.05) is 13.8 Å². The molecule has 3 aromatic rings. The number of carbonyl (C=O) groups is 1. The minimum absolute atomic E-state index is 0.00476. The minimum atomic E-state index is -4.72. The van der Waals surface area contributed by atoms with Crippen molar-refractivity contribution in [2.45, 2.75) is 26.1 Å². The molecule has 1 aromatic heterocycles. The lowest BCUT2D eigenvalue weighted by Crippen LogP contribution is -2.35. The first-order chi connectivity index (χ1) is 14.5. The topological polar surface area (TPSA) is 68.5 Å². The minimum Gasteiger partial charge on any atom is -0.484 e. The lowest BCUT2D eigenvalue weighted by Gasteiger charge is -2.23. The Morgan fingerprint density at radius 1 is 1.10 bits per heavy atom. The van der Waals surface area contributed by atoms with Gasteiger partial charge in [0.2, 0.25) is 0 Å². The van der Waals surface area contributed by atoms with Crippen molar-refractivity contribution in [3.63, 3.8) is 0 Å². The van der Waals surface area contributed by atoms with Crippen LogP contribution in [0.1, 0.15) is 31.0 Å². The fraction of sp³-hybridized carbons (Fsp3) is 0.273. The van der Waals surface area contributed by atoms with Gasteiger partial charge < -0.3 is 14.5 Å². The van der Waals surface area contributed by atoms with Gasteiger partial charge in [-0.3, -0.25) is 4.79 Å². The van der Waals surface area contributed by atoms with Crippen LogP contribution in [0.2, 0.25) is 0 Å². The van der Waals surface area contributed by atoms with Crippen LogP contribution in [0.15, 0.2) is 57.7 Å². The van der Waals surface area contributed by atoms with Crippen molar-refractivity contribution in [1.82, 2.24) is 5.32 Å². The van der Waals surface area contributed by atoms with E-state index in [4.69, 9.17) is 9.15 Å². The van der Waals surface area contributed by atoms with E-state index in [1.54, 1.807) is 12.1 Å². The Kier molecular flexibility index (Phi) is 6.33. The van der Waals surface area contributed by atoms with Gasteiger partial charge in [0.25, 0.3) is 5.91 Å². The van der Waals surface area contributed by atoms with Crippen molar-refractivity contribution in [2.24, 2.45) is 5.92 Å². The predicted octanol–water partition coefficient (Wildman–Crippen LogP) is 4.84. The second kappa shape index (κ2) is 8.79. The van der Waals surface area contributed by atoms with Gasteiger partial charge in [-0.2, -0.15) is 13.2 Å².